The van der Waals surface area contributed by atoms with Crippen LogP contribution in [0.25, 0.3) is 0 Å². The number of aliphatic hydroxyl groups is 4. The van der Waals surface area contributed by atoms with E-state index >= 15 is 0 Å². The molecule has 4 N–H and O–H groups in total. The summed E-state index contributed by atoms with van der Waals surface area (Å²) in [6.45, 7) is 4.86. The Hall–Kier alpha value is -2.31. The van der Waals surface area contributed by atoms with Crippen molar-refractivity contribution in [2.45, 2.75) is 63.9 Å². The summed E-state index contributed by atoms with van der Waals surface area (Å²) in [6.07, 6.45) is -7.52. The average molecular weight is 458 g/mol. The van der Waals surface area contributed by atoms with Crippen molar-refractivity contribution >= 4 is 0 Å². The predicted molar refractivity (Wildman–Crippen MR) is 107 cm³/mol. The van der Waals surface area contributed by atoms with E-state index in [2.05, 4.69) is 5.10 Å². The number of ether oxygens (including phenoxy) is 3. The van der Waals surface area contributed by atoms with Gasteiger partial charge in [-0.1, -0.05) is 0 Å². The molecule has 1 aromatic heterocycles. The number of hydrogen-bond acceptors (Lipinski definition) is 8. The maximum atomic E-state index is 14.6. The molecule has 0 aliphatic carbocycles. The van der Waals surface area contributed by atoms with Gasteiger partial charge in [0, 0.05) is 29.8 Å². The standard InChI is InChI=1S/C21H28F2N2O7/c1-9(2)25-10(3)12(5-11-6-14(23)15(30-4)7-13(11)22)20(24-25)32-21-19(29)18(28)17(27)16(8-26)31-21/h6-7,9,16-19,21,26-29H,5,8H2,1-4H3/t16-,17-,18+,19-,21+/m1/s1. The Morgan fingerprint density at radius 3 is 2.41 bits per heavy atom. The molecule has 178 valence electrons. The minimum Gasteiger partial charge on any atom is -0.494 e. The van der Waals surface area contributed by atoms with E-state index in [0.29, 0.717) is 11.3 Å². The van der Waals surface area contributed by atoms with Gasteiger partial charge in [-0.3, -0.25) is 4.68 Å². The molecule has 11 heteroatoms. The van der Waals surface area contributed by atoms with Gasteiger partial charge in [0.2, 0.25) is 12.2 Å². The van der Waals surface area contributed by atoms with Gasteiger partial charge in [-0.25, -0.2) is 8.78 Å². The van der Waals surface area contributed by atoms with Crippen LogP contribution in [0.4, 0.5) is 8.78 Å². The van der Waals surface area contributed by atoms with Crippen LogP contribution in [0, 0.1) is 18.6 Å². The summed E-state index contributed by atoms with van der Waals surface area (Å²) in [4.78, 5) is 0. The van der Waals surface area contributed by atoms with Gasteiger partial charge in [0.05, 0.1) is 13.7 Å². The van der Waals surface area contributed by atoms with Crippen LogP contribution in [-0.2, 0) is 11.2 Å². The summed E-state index contributed by atoms with van der Waals surface area (Å²) in [6, 6.07) is 1.88. The number of halogens is 2. The predicted octanol–water partition coefficient (Wildman–Crippen LogP) is 0.829. The van der Waals surface area contributed by atoms with E-state index in [4.69, 9.17) is 14.2 Å². The van der Waals surface area contributed by atoms with Crippen molar-refractivity contribution in [2.24, 2.45) is 0 Å². The van der Waals surface area contributed by atoms with Gasteiger partial charge >= 0.3 is 0 Å². The molecule has 1 aliphatic rings. The Morgan fingerprint density at radius 1 is 1.12 bits per heavy atom. The number of aromatic nitrogens is 2. The number of methoxy groups -OCH3 is 1. The lowest BCUT2D eigenvalue weighted by Gasteiger charge is -2.39. The maximum Gasteiger partial charge on any atom is 0.239 e. The SMILES string of the molecule is COc1cc(F)c(Cc2c(O[C@@H]3O[C@H](CO)[C@@H](O)[C@H](O)[C@H]3O)nn(C(C)C)c2C)cc1F. The van der Waals surface area contributed by atoms with Crippen molar-refractivity contribution < 1.29 is 43.4 Å². The highest BCUT2D eigenvalue weighted by atomic mass is 19.1. The minimum atomic E-state index is -1.64. The van der Waals surface area contributed by atoms with Gasteiger partial charge in [-0.05, 0) is 32.4 Å². The molecule has 0 spiro atoms. The molecule has 2 heterocycles. The van der Waals surface area contributed by atoms with Crippen LogP contribution in [-0.4, -0.2) is 74.6 Å². The third-order valence-corrected chi connectivity index (χ3v) is 5.49. The van der Waals surface area contributed by atoms with Crippen molar-refractivity contribution in [1.29, 1.82) is 0 Å². The quantitative estimate of drug-likeness (QED) is 0.481. The number of benzene rings is 1. The van der Waals surface area contributed by atoms with Crippen molar-refractivity contribution in [2.75, 3.05) is 13.7 Å². The molecule has 1 saturated heterocycles. The molecular formula is C21H28F2N2O7. The summed E-state index contributed by atoms with van der Waals surface area (Å²) in [5.74, 6) is -1.65. The molecule has 1 aliphatic heterocycles. The largest absolute Gasteiger partial charge is 0.494 e. The first kappa shape index (κ1) is 24.3. The molecule has 1 fully saturated rings. The highest BCUT2D eigenvalue weighted by molar-refractivity contribution is 5.39. The fraction of sp³-hybridized carbons (Fsp3) is 0.571. The fourth-order valence-corrected chi connectivity index (χ4v) is 3.65. The van der Waals surface area contributed by atoms with Gasteiger partial charge in [0.25, 0.3) is 0 Å². The Kier molecular flexibility index (Phi) is 7.36. The van der Waals surface area contributed by atoms with E-state index in [-0.39, 0.29) is 29.7 Å². The summed E-state index contributed by atoms with van der Waals surface area (Å²) in [5, 5.41) is 44.0. The van der Waals surface area contributed by atoms with Crippen LogP contribution in [0.1, 0.15) is 36.7 Å². The zero-order valence-electron chi connectivity index (χ0n) is 18.2. The average Bonchev–Trinajstić information content (AvgIpc) is 3.06. The highest BCUT2D eigenvalue weighted by Crippen LogP contribution is 2.32. The first-order valence-corrected chi connectivity index (χ1v) is 10.2. The molecule has 0 bridgehead atoms. The second-order valence-corrected chi connectivity index (χ2v) is 7.98. The molecule has 9 nitrogen and oxygen atoms in total. The Morgan fingerprint density at radius 2 is 1.81 bits per heavy atom. The van der Waals surface area contributed by atoms with E-state index in [9.17, 15) is 29.2 Å². The Labute approximate surface area is 183 Å². The lowest BCUT2D eigenvalue weighted by atomic mass is 9.99. The van der Waals surface area contributed by atoms with Crippen molar-refractivity contribution in [3.63, 3.8) is 0 Å². The zero-order valence-corrected chi connectivity index (χ0v) is 18.2. The van der Waals surface area contributed by atoms with Crippen LogP contribution < -0.4 is 9.47 Å². The molecule has 0 radical (unpaired) electrons. The van der Waals surface area contributed by atoms with Gasteiger partial charge in [0.15, 0.2) is 11.6 Å². The second-order valence-electron chi connectivity index (χ2n) is 7.98. The van der Waals surface area contributed by atoms with E-state index in [1.54, 1.807) is 11.6 Å². The molecule has 3 rings (SSSR count). The summed E-state index contributed by atoms with van der Waals surface area (Å²) in [7, 11) is 1.24. The van der Waals surface area contributed by atoms with Crippen molar-refractivity contribution in [3.8, 4) is 11.6 Å². The van der Waals surface area contributed by atoms with Crippen LogP contribution in [0.2, 0.25) is 0 Å². The van der Waals surface area contributed by atoms with Crippen molar-refractivity contribution in [3.05, 3.63) is 40.6 Å². The van der Waals surface area contributed by atoms with E-state index in [0.717, 1.165) is 12.1 Å². The Balaban J connectivity index is 1.97. The summed E-state index contributed by atoms with van der Waals surface area (Å²) in [5.41, 5.74) is 1.07. The van der Waals surface area contributed by atoms with Gasteiger partial charge in [-0.15, -0.1) is 5.10 Å². The smallest absolute Gasteiger partial charge is 0.239 e. The lowest BCUT2D eigenvalue weighted by molar-refractivity contribution is -0.278. The van der Waals surface area contributed by atoms with Crippen LogP contribution in [0.5, 0.6) is 11.6 Å². The van der Waals surface area contributed by atoms with Crippen LogP contribution in [0.3, 0.4) is 0 Å². The molecule has 32 heavy (non-hydrogen) atoms. The number of hydrogen-bond donors (Lipinski definition) is 4. The second kappa shape index (κ2) is 9.67. The maximum absolute atomic E-state index is 14.6. The monoisotopic (exact) mass is 458 g/mol. The number of rotatable bonds is 7. The van der Waals surface area contributed by atoms with E-state index in [1.165, 1.54) is 7.11 Å². The Bertz CT molecular complexity index is 951. The molecular weight excluding hydrogens is 430 g/mol. The molecule has 2 aromatic rings. The number of nitrogens with zero attached hydrogens (tertiary/aromatic N) is 2. The molecule has 0 amide bonds. The molecule has 5 atom stereocenters. The molecule has 0 unspecified atom stereocenters. The van der Waals surface area contributed by atoms with E-state index in [1.807, 2.05) is 13.8 Å². The number of aliphatic hydroxyl groups excluding tert-OH is 4. The fourth-order valence-electron chi connectivity index (χ4n) is 3.65. The van der Waals surface area contributed by atoms with Crippen LogP contribution in [0.15, 0.2) is 12.1 Å². The highest BCUT2D eigenvalue weighted by Gasteiger charge is 2.45. The molecule has 1 aromatic carbocycles. The van der Waals surface area contributed by atoms with Gasteiger partial charge < -0.3 is 34.6 Å². The summed E-state index contributed by atoms with van der Waals surface area (Å²) >= 11 is 0. The first-order valence-electron chi connectivity index (χ1n) is 10.2. The molecule has 0 saturated carbocycles. The van der Waals surface area contributed by atoms with E-state index < -0.39 is 48.9 Å². The normalized spacial score (nSPS) is 25.9. The minimum absolute atomic E-state index is 0.0174. The summed E-state index contributed by atoms with van der Waals surface area (Å²) < 4.78 is 46.3. The lowest BCUT2D eigenvalue weighted by Crippen LogP contribution is -2.60. The van der Waals surface area contributed by atoms with Gasteiger partial charge in [-0.2, -0.15) is 0 Å². The zero-order chi connectivity index (χ0) is 23.7. The first-order chi connectivity index (χ1) is 15.1. The van der Waals surface area contributed by atoms with Crippen molar-refractivity contribution in [1.82, 2.24) is 9.78 Å². The third kappa shape index (κ3) is 4.57. The van der Waals surface area contributed by atoms with Crippen LogP contribution >= 0.6 is 0 Å². The topological polar surface area (TPSA) is 126 Å². The van der Waals surface area contributed by atoms with Gasteiger partial charge in [0.1, 0.15) is 30.2 Å². The third-order valence-electron chi connectivity index (χ3n) is 5.49.